The highest BCUT2D eigenvalue weighted by Gasteiger charge is 2.36. The molecule has 2 heterocycles. The molecule has 3 nitrogen and oxygen atoms in total. The lowest BCUT2D eigenvalue weighted by molar-refractivity contribution is -0.0412. The predicted molar refractivity (Wildman–Crippen MR) is 65.4 cm³/mol. The van der Waals surface area contributed by atoms with Gasteiger partial charge >= 0.3 is 0 Å². The third kappa shape index (κ3) is 1.71. The summed E-state index contributed by atoms with van der Waals surface area (Å²) in [5.74, 6) is 1.69. The molecule has 0 spiro atoms. The smallest absolute Gasteiger partial charge is 0.130 e. The third-order valence-corrected chi connectivity index (χ3v) is 3.41. The molecular formula is C14H16O3. The molecule has 3 heteroatoms. The van der Waals surface area contributed by atoms with Crippen LogP contribution in [0.1, 0.15) is 25.0 Å². The van der Waals surface area contributed by atoms with E-state index in [4.69, 9.17) is 9.47 Å². The van der Waals surface area contributed by atoms with Crippen LogP contribution >= 0.6 is 0 Å². The van der Waals surface area contributed by atoms with Gasteiger partial charge in [0.2, 0.25) is 0 Å². The van der Waals surface area contributed by atoms with E-state index in [1.165, 1.54) is 0 Å². The SMILES string of the molecule is CC1(C)Oc2cc3c(cc2CC1O)C=CCO3. The van der Waals surface area contributed by atoms with Crippen LogP contribution in [0.4, 0.5) is 0 Å². The lowest BCUT2D eigenvalue weighted by Crippen LogP contribution is -2.46. The highest BCUT2D eigenvalue weighted by atomic mass is 16.5. The largest absolute Gasteiger partial charge is 0.489 e. The first-order valence-electron chi connectivity index (χ1n) is 5.89. The Morgan fingerprint density at radius 3 is 2.94 bits per heavy atom. The maximum Gasteiger partial charge on any atom is 0.130 e. The van der Waals surface area contributed by atoms with E-state index in [0.29, 0.717) is 13.0 Å². The zero-order valence-corrected chi connectivity index (χ0v) is 10.1. The first kappa shape index (κ1) is 10.7. The third-order valence-electron chi connectivity index (χ3n) is 3.41. The van der Waals surface area contributed by atoms with Gasteiger partial charge in [-0.15, -0.1) is 0 Å². The Morgan fingerprint density at radius 1 is 1.29 bits per heavy atom. The van der Waals surface area contributed by atoms with Crippen molar-refractivity contribution in [1.82, 2.24) is 0 Å². The van der Waals surface area contributed by atoms with Gasteiger partial charge < -0.3 is 14.6 Å². The van der Waals surface area contributed by atoms with E-state index in [9.17, 15) is 5.11 Å². The summed E-state index contributed by atoms with van der Waals surface area (Å²) in [6, 6.07) is 3.97. The fraction of sp³-hybridized carbons (Fsp3) is 0.429. The summed E-state index contributed by atoms with van der Waals surface area (Å²) in [4.78, 5) is 0. The van der Waals surface area contributed by atoms with Crippen molar-refractivity contribution in [3.8, 4) is 11.5 Å². The van der Waals surface area contributed by atoms with Gasteiger partial charge in [-0.25, -0.2) is 0 Å². The van der Waals surface area contributed by atoms with Gasteiger partial charge in [0.25, 0.3) is 0 Å². The minimum absolute atomic E-state index is 0.471. The van der Waals surface area contributed by atoms with Gasteiger partial charge in [-0.1, -0.05) is 6.08 Å². The van der Waals surface area contributed by atoms with Crippen molar-refractivity contribution >= 4 is 6.08 Å². The highest BCUT2D eigenvalue weighted by Crippen LogP contribution is 2.38. The van der Waals surface area contributed by atoms with Gasteiger partial charge in [-0.2, -0.15) is 0 Å². The van der Waals surface area contributed by atoms with E-state index in [1.54, 1.807) is 0 Å². The van der Waals surface area contributed by atoms with Gasteiger partial charge in [0.15, 0.2) is 0 Å². The maximum atomic E-state index is 10.0. The van der Waals surface area contributed by atoms with Crippen molar-refractivity contribution < 1.29 is 14.6 Å². The second-order valence-corrected chi connectivity index (χ2v) is 5.14. The van der Waals surface area contributed by atoms with Crippen LogP contribution in [-0.4, -0.2) is 23.4 Å². The van der Waals surface area contributed by atoms with Crippen LogP contribution in [0.3, 0.4) is 0 Å². The van der Waals surface area contributed by atoms with Crippen LogP contribution in [0.25, 0.3) is 6.08 Å². The van der Waals surface area contributed by atoms with Gasteiger partial charge in [0.1, 0.15) is 23.7 Å². The molecule has 0 bridgehead atoms. The Kier molecular flexibility index (Phi) is 2.20. The molecule has 0 radical (unpaired) electrons. The van der Waals surface area contributed by atoms with Gasteiger partial charge in [-0.05, 0) is 31.6 Å². The monoisotopic (exact) mass is 232 g/mol. The van der Waals surface area contributed by atoms with Crippen LogP contribution in [0.2, 0.25) is 0 Å². The second-order valence-electron chi connectivity index (χ2n) is 5.14. The standard InChI is InChI=1S/C14H16O3/c1-14(2)13(15)7-10-6-9-4-3-5-16-11(9)8-12(10)17-14/h3-4,6,8,13,15H,5,7H2,1-2H3. The van der Waals surface area contributed by atoms with Gasteiger partial charge in [-0.3, -0.25) is 0 Å². The molecule has 2 aliphatic heterocycles. The summed E-state index contributed by atoms with van der Waals surface area (Å²) >= 11 is 0. The van der Waals surface area contributed by atoms with Crippen LogP contribution in [0.15, 0.2) is 18.2 Å². The number of hydrogen-bond acceptors (Lipinski definition) is 3. The molecule has 3 rings (SSSR count). The summed E-state index contributed by atoms with van der Waals surface area (Å²) in [5, 5.41) is 10.0. The number of ether oxygens (including phenoxy) is 2. The average molecular weight is 232 g/mol. The van der Waals surface area contributed by atoms with Crippen molar-refractivity contribution in [2.45, 2.75) is 32.0 Å². The van der Waals surface area contributed by atoms with Gasteiger partial charge in [0, 0.05) is 18.1 Å². The summed E-state index contributed by atoms with van der Waals surface area (Å²) in [6.45, 7) is 4.42. The van der Waals surface area contributed by atoms with Crippen molar-refractivity contribution in [3.63, 3.8) is 0 Å². The van der Waals surface area contributed by atoms with E-state index in [2.05, 4.69) is 0 Å². The number of hydrogen-bond donors (Lipinski definition) is 1. The quantitative estimate of drug-likeness (QED) is 0.745. The van der Waals surface area contributed by atoms with Crippen molar-refractivity contribution in [2.75, 3.05) is 6.61 Å². The molecule has 0 fully saturated rings. The summed E-state index contributed by atoms with van der Waals surface area (Å²) in [5.41, 5.74) is 1.57. The zero-order valence-electron chi connectivity index (χ0n) is 10.1. The first-order valence-corrected chi connectivity index (χ1v) is 5.89. The topological polar surface area (TPSA) is 38.7 Å². The summed E-state index contributed by atoms with van der Waals surface area (Å²) < 4.78 is 11.4. The molecule has 90 valence electrons. The van der Waals surface area contributed by atoms with E-state index < -0.39 is 11.7 Å². The van der Waals surface area contributed by atoms with E-state index in [1.807, 2.05) is 38.1 Å². The fourth-order valence-corrected chi connectivity index (χ4v) is 2.25. The molecule has 2 aliphatic rings. The fourth-order valence-electron chi connectivity index (χ4n) is 2.25. The highest BCUT2D eigenvalue weighted by molar-refractivity contribution is 5.63. The molecule has 0 amide bonds. The Balaban J connectivity index is 2.07. The van der Waals surface area contributed by atoms with Crippen LogP contribution in [0.5, 0.6) is 11.5 Å². The predicted octanol–water partition coefficient (Wildman–Crippen LogP) is 2.17. The number of fused-ring (bicyclic) bond motifs is 2. The van der Waals surface area contributed by atoms with Crippen molar-refractivity contribution in [1.29, 1.82) is 0 Å². The number of aliphatic hydroxyl groups is 1. The normalized spacial score (nSPS) is 24.3. The molecule has 1 aromatic carbocycles. The van der Waals surface area contributed by atoms with E-state index >= 15 is 0 Å². The molecular weight excluding hydrogens is 216 g/mol. The molecule has 0 saturated carbocycles. The minimum atomic E-state index is -0.536. The average Bonchev–Trinajstić information content (AvgIpc) is 2.28. The van der Waals surface area contributed by atoms with E-state index in [0.717, 1.165) is 22.6 Å². The number of rotatable bonds is 0. The zero-order chi connectivity index (χ0) is 12.0. The van der Waals surface area contributed by atoms with Crippen molar-refractivity contribution in [3.05, 3.63) is 29.3 Å². The summed E-state index contributed by atoms with van der Waals surface area (Å²) in [6.07, 6.45) is 4.19. The number of aliphatic hydroxyl groups excluding tert-OH is 1. The van der Waals surface area contributed by atoms with Crippen LogP contribution in [-0.2, 0) is 6.42 Å². The molecule has 17 heavy (non-hydrogen) atoms. The first-order chi connectivity index (χ1) is 8.06. The van der Waals surface area contributed by atoms with Gasteiger partial charge in [0.05, 0.1) is 6.10 Å². The van der Waals surface area contributed by atoms with Crippen LogP contribution < -0.4 is 9.47 Å². The molecule has 1 N–H and O–H groups in total. The Hall–Kier alpha value is -1.48. The summed E-state index contributed by atoms with van der Waals surface area (Å²) in [7, 11) is 0. The molecule has 0 aromatic heterocycles. The number of benzene rings is 1. The molecule has 1 unspecified atom stereocenters. The molecule has 0 saturated heterocycles. The maximum absolute atomic E-state index is 10.0. The van der Waals surface area contributed by atoms with Crippen LogP contribution in [0, 0.1) is 0 Å². The molecule has 0 aliphatic carbocycles. The minimum Gasteiger partial charge on any atom is -0.489 e. The Labute approximate surface area is 101 Å². The Morgan fingerprint density at radius 2 is 2.12 bits per heavy atom. The van der Waals surface area contributed by atoms with E-state index in [-0.39, 0.29) is 0 Å². The van der Waals surface area contributed by atoms with Crippen molar-refractivity contribution in [2.24, 2.45) is 0 Å². The Bertz CT molecular complexity index is 488. The molecule has 1 aromatic rings. The molecule has 1 atom stereocenters. The lowest BCUT2D eigenvalue weighted by atomic mass is 9.90. The lowest BCUT2D eigenvalue weighted by Gasteiger charge is -2.37. The second kappa shape index (κ2) is 3.50.